The van der Waals surface area contributed by atoms with E-state index in [1.807, 2.05) is 66.7 Å². The SMILES string of the molecule is NC(=O)C[C@H](NC(=O)C1(NC(=O)[C@@H](CC(=O)O)Cc2ccc(CP(=O)(O)O)cc2)CCN(C(=O)OCCc2ccccc2)CC1)C(=O)NCCCc1ccc2ccccc2c1. The highest BCUT2D eigenvalue weighted by molar-refractivity contribution is 7.50. The largest absolute Gasteiger partial charge is 0.481 e. The Labute approximate surface area is 353 Å². The Bertz CT molecular complexity index is 2220. The zero-order valence-corrected chi connectivity index (χ0v) is 34.6. The number of carbonyl (C=O) groups is 6. The summed E-state index contributed by atoms with van der Waals surface area (Å²) in [7, 11) is -4.35. The lowest BCUT2D eigenvalue weighted by Gasteiger charge is -2.41. The van der Waals surface area contributed by atoms with Crippen LogP contribution in [0.2, 0.25) is 0 Å². The number of hydrogen-bond donors (Lipinski definition) is 7. The van der Waals surface area contributed by atoms with Crippen molar-refractivity contribution in [2.24, 2.45) is 11.7 Å². The third kappa shape index (κ3) is 14.3. The van der Waals surface area contributed by atoms with Gasteiger partial charge in [0.15, 0.2) is 0 Å². The maximum absolute atomic E-state index is 14.4. The van der Waals surface area contributed by atoms with Crippen LogP contribution in [0, 0.1) is 5.92 Å². The minimum Gasteiger partial charge on any atom is -0.481 e. The quantitative estimate of drug-likeness (QED) is 0.0500. The van der Waals surface area contributed by atoms with E-state index in [0.717, 1.165) is 21.9 Å². The number of aliphatic carboxylic acids is 1. The fraction of sp³-hybridized carbons (Fsp3) is 0.364. The molecular formula is C44H52N5O11P. The van der Waals surface area contributed by atoms with Gasteiger partial charge in [-0.1, -0.05) is 97.1 Å². The molecule has 2 atom stereocenters. The lowest BCUT2D eigenvalue weighted by Crippen LogP contribution is -2.66. The first-order valence-corrected chi connectivity index (χ1v) is 21.9. The van der Waals surface area contributed by atoms with Crippen LogP contribution in [0.25, 0.3) is 10.8 Å². The van der Waals surface area contributed by atoms with Crippen LogP contribution in [0.3, 0.4) is 0 Å². The van der Waals surface area contributed by atoms with Crippen molar-refractivity contribution < 1.29 is 53.0 Å². The predicted molar refractivity (Wildman–Crippen MR) is 226 cm³/mol. The molecule has 4 aromatic rings. The highest BCUT2D eigenvalue weighted by atomic mass is 31.2. The summed E-state index contributed by atoms with van der Waals surface area (Å²) >= 11 is 0. The van der Waals surface area contributed by atoms with E-state index in [1.165, 1.54) is 29.2 Å². The first-order chi connectivity index (χ1) is 29.1. The summed E-state index contributed by atoms with van der Waals surface area (Å²) in [6, 6.07) is 28.1. The van der Waals surface area contributed by atoms with Gasteiger partial charge in [0.1, 0.15) is 11.6 Å². The molecule has 5 amide bonds. The second kappa shape index (κ2) is 21.4. The van der Waals surface area contributed by atoms with E-state index >= 15 is 0 Å². The van der Waals surface area contributed by atoms with Gasteiger partial charge in [0, 0.05) is 26.1 Å². The molecule has 5 rings (SSSR count). The molecule has 8 N–H and O–H groups in total. The van der Waals surface area contributed by atoms with Gasteiger partial charge in [0.2, 0.25) is 23.6 Å². The number of rotatable bonds is 20. The Morgan fingerprint density at radius 2 is 1.41 bits per heavy atom. The van der Waals surface area contributed by atoms with E-state index in [2.05, 4.69) is 22.0 Å². The van der Waals surface area contributed by atoms with Crippen LogP contribution in [0.5, 0.6) is 0 Å². The molecular weight excluding hydrogens is 805 g/mol. The summed E-state index contributed by atoms with van der Waals surface area (Å²) in [5.41, 5.74) is 6.64. The van der Waals surface area contributed by atoms with Crippen molar-refractivity contribution in [2.75, 3.05) is 26.2 Å². The van der Waals surface area contributed by atoms with Gasteiger partial charge < -0.3 is 46.2 Å². The summed E-state index contributed by atoms with van der Waals surface area (Å²) < 4.78 is 17.0. The van der Waals surface area contributed by atoms with Gasteiger partial charge in [-0.05, 0) is 65.1 Å². The predicted octanol–water partition coefficient (Wildman–Crippen LogP) is 3.59. The van der Waals surface area contributed by atoms with Crippen LogP contribution < -0.4 is 21.7 Å². The van der Waals surface area contributed by atoms with Gasteiger partial charge in [-0.15, -0.1) is 0 Å². The summed E-state index contributed by atoms with van der Waals surface area (Å²) in [5, 5.41) is 20.1. The molecule has 0 unspecified atom stereocenters. The van der Waals surface area contributed by atoms with Crippen LogP contribution >= 0.6 is 7.60 Å². The maximum atomic E-state index is 14.4. The van der Waals surface area contributed by atoms with Crippen molar-refractivity contribution in [1.82, 2.24) is 20.9 Å². The number of carboxylic acid groups (broad SMARTS) is 1. The van der Waals surface area contributed by atoms with Gasteiger partial charge in [0.05, 0.1) is 31.5 Å². The molecule has 0 saturated carbocycles. The number of carbonyl (C=O) groups excluding carboxylic acids is 5. The van der Waals surface area contributed by atoms with E-state index in [0.29, 0.717) is 30.4 Å². The Morgan fingerprint density at radius 1 is 0.770 bits per heavy atom. The molecule has 16 nitrogen and oxygen atoms in total. The van der Waals surface area contributed by atoms with Gasteiger partial charge in [0.25, 0.3) is 0 Å². The smallest absolute Gasteiger partial charge is 0.409 e. The minimum atomic E-state index is -4.35. The number of amides is 5. The van der Waals surface area contributed by atoms with E-state index in [4.69, 9.17) is 10.5 Å². The normalized spacial score (nSPS) is 14.6. The second-order valence-electron chi connectivity index (χ2n) is 15.3. The number of nitrogens with zero attached hydrogens (tertiary/aromatic N) is 1. The molecule has 1 aliphatic heterocycles. The molecule has 1 aliphatic rings. The fourth-order valence-electron chi connectivity index (χ4n) is 7.31. The molecule has 0 radical (unpaired) electrons. The van der Waals surface area contributed by atoms with Crippen molar-refractivity contribution in [3.8, 4) is 0 Å². The molecule has 0 spiro atoms. The summed E-state index contributed by atoms with van der Waals surface area (Å²) in [5.74, 6) is -5.65. The number of hydrogen-bond acceptors (Lipinski definition) is 8. The number of ether oxygens (including phenoxy) is 1. The zero-order valence-electron chi connectivity index (χ0n) is 33.7. The van der Waals surface area contributed by atoms with Gasteiger partial charge in [-0.3, -0.25) is 28.5 Å². The van der Waals surface area contributed by atoms with Crippen molar-refractivity contribution >= 4 is 54.1 Å². The molecule has 61 heavy (non-hydrogen) atoms. The number of nitrogens with two attached hydrogens (primary N) is 1. The topological polar surface area (TPSA) is 255 Å². The highest BCUT2D eigenvalue weighted by Crippen LogP contribution is 2.39. The second-order valence-corrected chi connectivity index (χ2v) is 17.0. The van der Waals surface area contributed by atoms with E-state index in [1.54, 1.807) is 0 Å². The molecule has 1 fully saturated rings. The molecule has 4 aromatic carbocycles. The first kappa shape index (κ1) is 46.0. The molecule has 0 aromatic heterocycles. The summed E-state index contributed by atoms with van der Waals surface area (Å²) in [4.78, 5) is 99.2. The van der Waals surface area contributed by atoms with Crippen LogP contribution in [0.4, 0.5) is 4.79 Å². The van der Waals surface area contributed by atoms with Crippen LogP contribution in [0.1, 0.15) is 54.4 Å². The first-order valence-electron chi connectivity index (χ1n) is 20.1. The maximum Gasteiger partial charge on any atom is 0.409 e. The molecule has 1 heterocycles. The number of piperidine rings is 1. The number of aryl methyl sites for hydroxylation is 1. The standard InChI is InChI=1S/C44H52N5O11P/c45-38(50)28-37(41(54)46-21-6-9-31-16-17-34-10-4-5-11-35(34)25-31)47-42(55)44(19-22-49(23-20-44)43(56)60-24-18-30-7-2-1-3-8-30)48-40(53)36(27-39(51)52)26-32-12-14-33(15-13-32)29-61(57,58)59/h1-5,7-8,10-17,25,36-37H,6,9,18-24,26-29H2,(H2,45,50)(H,46,54)(H,47,55)(H,48,53)(H,51,52)(H2,57,58,59)/t36-,37+/m1/s1. The van der Waals surface area contributed by atoms with E-state index < -0.39 is 79.8 Å². The van der Waals surface area contributed by atoms with Crippen LogP contribution in [-0.4, -0.2) is 93.3 Å². The van der Waals surface area contributed by atoms with Crippen molar-refractivity contribution in [1.29, 1.82) is 0 Å². The Hall–Kier alpha value is -6.09. The number of primary amides is 1. The number of fused-ring (bicyclic) bond motifs is 1. The summed E-state index contributed by atoms with van der Waals surface area (Å²) in [6.07, 6.45) is -1.02. The third-order valence-electron chi connectivity index (χ3n) is 10.6. The number of carboxylic acids is 1. The van der Waals surface area contributed by atoms with Crippen LogP contribution in [0.15, 0.2) is 97.1 Å². The van der Waals surface area contributed by atoms with Crippen molar-refractivity contribution in [3.05, 3.63) is 119 Å². The molecule has 324 valence electrons. The number of nitrogens with one attached hydrogen (secondary N) is 3. The molecule has 1 saturated heterocycles. The Kier molecular flexibility index (Phi) is 16.2. The Balaban J connectivity index is 1.29. The van der Waals surface area contributed by atoms with E-state index in [-0.39, 0.29) is 45.5 Å². The van der Waals surface area contributed by atoms with E-state index in [9.17, 15) is 48.2 Å². The third-order valence-corrected chi connectivity index (χ3v) is 11.4. The lowest BCUT2D eigenvalue weighted by molar-refractivity contribution is -0.143. The fourth-order valence-corrected chi connectivity index (χ4v) is 8.00. The Morgan fingerprint density at radius 3 is 2.07 bits per heavy atom. The van der Waals surface area contributed by atoms with Gasteiger partial charge >= 0.3 is 19.7 Å². The van der Waals surface area contributed by atoms with Gasteiger partial charge in [-0.2, -0.15) is 0 Å². The molecule has 0 bridgehead atoms. The van der Waals surface area contributed by atoms with Gasteiger partial charge in [-0.25, -0.2) is 4.79 Å². The monoisotopic (exact) mass is 857 g/mol. The average molecular weight is 858 g/mol. The number of benzene rings is 4. The molecule has 0 aliphatic carbocycles. The highest BCUT2D eigenvalue weighted by Gasteiger charge is 2.46. The van der Waals surface area contributed by atoms with Crippen LogP contribution in [-0.2, 0) is 58.7 Å². The van der Waals surface area contributed by atoms with Crippen molar-refractivity contribution in [3.63, 3.8) is 0 Å². The number of likely N-dealkylation sites (tertiary alicyclic amines) is 1. The zero-order chi connectivity index (χ0) is 44.0. The lowest BCUT2D eigenvalue weighted by atomic mass is 9.84. The average Bonchev–Trinajstić information content (AvgIpc) is 3.22. The minimum absolute atomic E-state index is 0.0516. The summed E-state index contributed by atoms with van der Waals surface area (Å²) in [6.45, 7) is 0.218. The van der Waals surface area contributed by atoms with Crippen molar-refractivity contribution in [2.45, 2.75) is 69.1 Å². The molecule has 17 heteroatoms.